The molecule has 0 aliphatic heterocycles. The highest BCUT2D eigenvalue weighted by atomic mass is 16.5. The van der Waals surface area contributed by atoms with E-state index in [0.717, 1.165) is 38.7 Å². The second kappa shape index (κ2) is 9.03. The molecule has 0 N–H and O–H groups in total. The van der Waals surface area contributed by atoms with Gasteiger partial charge in [0.05, 0.1) is 12.4 Å². The van der Waals surface area contributed by atoms with Crippen molar-refractivity contribution in [3.05, 3.63) is 11.8 Å². The minimum Gasteiger partial charge on any atom is -0.497 e. The fourth-order valence-electron chi connectivity index (χ4n) is 0.922. The topological polar surface area (TPSA) is 21.7 Å². The van der Waals surface area contributed by atoms with Crippen molar-refractivity contribution in [1.82, 2.24) is 4.90 Å². The Kier molecular flexibility index (Phi) is 8.68. The summed E-state index contributed by atoms with van der Waals surface area (Å²) in [5.41, 5.74) is 0. The summed E-state index contributed by atoms with van der Waals surface area (Å²) in [5, 5.41) is 0. The van der Waals surface area contributed by atoms with Crippen molar-refractivity contribution in [2.24, 2.45) is 0 Å². The molecule has 0 aliphatic rings. The van der Waals surface area contributed by atoms with E-state index in [9.17, 15) is 0 Å². The van der Waals surface area contributed by atoms with Crippen molar-refractivity contribution in [2.75, 3.05) is 40.0 Å². The molecule has 3 nitrogen and oxygen atoms in total. The van der Waals surface area contributed by atoms with E-state index >= 15 is 0 Å². The lowest BCUT2D eigenvalue weighted by molar-refractivity contribution is 0.109. The van der Waals surface area contributed by atoms with Gasteiger partial charge in [0, 0.05) is 19.7 Å². The molecule has 0 fully saturated rings. The van der Waals surface area contributed by atoms with Gasteiger partial charge in [-0.3, -0.25) is 0 Å². The van der Waals surface area contributed by atoms with Crippen molar-refractivity contribution in [2.45, 2.75) is 20.8 Å². The molecule has 0 aromatic heterocycles. The first-order valence-corrected chi connectivity index (χ1v) is 5.22. The number of hydrogen-bond donors (Lipinski definition) is 0. The Bertz CT molecular complexity index is 157. The summed E-state index contributed by atoms with van der Waals surface area (Å²) in [6, 6.07) is 0. The third-order valence-electron chi connectivity index (χ3n) is 2.03. The van der Waals surface area contributed by atoms with Crippen LogP contribution in [0, 0.1) is 0 Å². The molecular weight excluding hydrogens is 178 g/mol. The Morgan fingerprint density at radius 2 is 1.93 bits per heavy atom. The summed E-state index contributed by atoms with van der Waals surface area (Å²) in [7, 11) is 2.08. The average molecular weight is 201 g/mol. The molecule has 14 heavy (non-hydrogen) atoms. The maximum Gasteiger partial charge on any atom is 0.100 e. The van der Waals surface area contributed by atoms with Gasteiger partial charge in [-0.2, -0.15) is 0 Å². The van der Waals surface area contributed by atoms with Crippen LogP contribution in [0.15, 0.2) is 11.8 Å². The van der Waals surface area contributed by atoms with Crippen molar-refractivity contribution < 1.29 is 9.47 Å². The Hall–Kier alpha value is -0.540. The Morgan fingerprint density at radius 1 is 1.29 bits per heavy atom. The fraction of sp³-hybridized carbons (Fsp3) is 0.818. The minimum atomic E-state index is 0.749. The average Bonchev–Trinajstić information content (AvgIpc) is 2.18. The number of ether oxygens (including phenoxy) is 2. The standard InChI is InChI=1S/C11H23NO2/c1-5-11(3)14-10-8-12(4)7-9-13-6-2/h5H,6-10H2,1-4H3/b11-5+. The van der Waals surface area contributed by atoms with Crippen LogP contribution < -0.4 is 0 Å². The van der Waals surface area contributed by atoms with Gasteiger partial charge in [0.1, 0.15) is 6.61 Å². The molecule has 0 radical (unpaired) electrons. The molecule has 0 rings (SSSR count). The predicted octanol–water partition coefficient (Wildman–Crippen LogP) is 1.90. The molecule has 0 atom stereocenters. The molecule has 3 heteroatoms. The summed E-state index contributed by atoms with van der Waals surface area (Å²) in [6.45, 7) is 10.2. The smallest absolute Gasteiger partial charge is 0.100 e. The largest absolute Gasteiger partial charge is 0.497 e. The Labute approximate surface area is 87.7 Å². The van der Waals surface area contributed by atoms with E-state index in [1.165, 1.54) is 0 Å². The number of rotatable bonds is 8. The van der Waals surface area contributed by atoms with Crippen LogP contribution in [0.4, 0.5) is 0 Å². The zero-order valence-electron chi connectivity index (χ0n) is 9.88. The lowest BCUT2D eigenvalue weighted by Gasteiger charge is -2.16. The van der Waals surface area contributed by atoms with Gasteiger partial charge in [-0.05, 0) is 27.8 Å². The minimum absolute atomic E-state index is 0.749. The summed E-state index contributed by atoms with van der Waals surface area (Å²) in [6.07, 6.45) is 1.97. The van der Waals surface area contributed by atoms with Gasteiger partial charge in [0.15, 0.2) is 0 Å². The van der Waals surface area contributed by atoms with Crippen LogP contribution in [0.1, 0.15) is 20.8 Å². The quantitative estimate of drug-likeness (QED) is 0.442. The van der Waals surface area contributed by atoms with Crippen molar-refractivity contribution in [3.63, 3.8) is 0 Å². The second-order valence-corrected chi connectivity index (χ2v) is 3.25. The third-order valence-corrected chi connectivity index (χ3v) is 2.03. The van der Waals surface area contributed by atoms with Gasteiger partial charge in [-0.15, -0.1) is 0 Å². The van der Waals surface area contributed by atoms with E-state index < -0.39 is 0 Å². The van der Waals surface area contributed by atoms with E-state index in [1.54, 1.807) is 0 Å². The monoisotopic (exact) mass is 201 g/mol. The molecule has 0 spiro atoms. The molecule has 0 bridgehead atoms. The molecule has 0 amide bonds. The Balaban J connectivity index is 3.30. The van der Waals surface area contributed by atoms with Crippen LogP contribution in [0.25, 0.3) is 0 Å². The van der Waals surface area contributed by atoms with Crippen molar-refractivity contribution in [3.8, 4) is 0 Å². The van der Waals surface area contributed by atoms with Crippen LogP contribution >= 0.6 is 0 Å². The zero-order valence-corrected chi connectivity index (χ0v) is 9.88. The maximum absolute atomic E-state index is 5.45. The van der Waals surface area contributed by atoms with Gasteiger partial charge in [0.25, 0.3) is 0 Å². The number of hydrogen-bond acceptors (Lipinski definition) is 3. The highest BCUT2D eigenvalue weighted by molar-refractivity contribution is 4.84. The molecule has 0 unspecified atom stereocenters. The van der Waals surface area contributed by atoms with Crippen molar-refractivity contribution >= 4 is 0 Å². The van der Waals surface area contributed by atoms with Crippen LogP contribution in [-0.4, -0.2) is 44.9 Å². The van der Waals surface area contributed by atoms with E-state index in [1.807, 2.05) is 26.8 Å². The highest BCUT2D eigenvalue weighted by Gasteiger charge is 1.97. The Morgan fingerprint density at radius 3 is 2.50 bits per heavy atom. The molecule has 0 aromatic carbocycles. The molecular formula is C11H23NO2. The lowest BCUT2D eigenvalue weighted by Crippen LogP contribution is -2.26. The molecule has 0 heterocycles. The van der Waals surface area contributed by atoms with Crippen LogP contribution in [0.5, 0.6) is 0 Å². The molecule has 84 valence electrons. The number of nitrogens with zero attached hydrogens (tertiary/aromatic N) is 1. The zero-order chi connectivity index (χ0) is 10.8. The van der Waals surface area contributed by atoms with Crippen LogP contribution in [0.2, 0.25) is 0 Å². The summed E-state index contributed by atoms with van der Waals surface area (Å²) >= 11 is 0. The number of likely N-dealkylation sites (N-methyl/N-ethyl adjacent to an activating group) is 1. The number of allylic oxidation sites excluding steroid dienone is 2. The van der Waals surface area contributed by atoms with E-state index in [4.69, 9.17) is 9.47 Å². The lowest BCUT2D eigenvalue weighted by atomic mass is 10.5. The maximum atomic E-state index is 5.45. The van der Waals surface area contributed by atoms with Crippen molar-refractivity contribution in [1.29, 1.82) is 0 Å². The van der Waals surface area contributed by atoms with E-state index in [0.29, 0.717) is 0 Å². The molecule has 0 saturated heterocycles. The van der Waals surface area contributed by atoms with Gasteiger partial charge < -0.3 is 14.4 Å². The summed E-state index contributed by atoms with van der Waals surface area (Å²) < 4.78 is 10.7. The summed E-state index contributed by atoms with van der Waals surface area (Å²) in [4.78, 5) is 2.21. The normalized spacial score (nSPS) is 12.2. The van der Waals surface area contributed by atoms with Crippen LogP contribution in [-0.2, 0) is 9.47 Å². The molecule has 0 saturated carbocycles. The molecule has 0 aliphatic carbocycles. The van der Waals surface area contributed by atoms with Gasteiger partial charge in [-0.25, -0.2) is 0 Å². The van der Waals surface area contributed by atoms with Gasteiger partial charge >= 0.3 is 0 Å². The van der Waals surface area contributed by atoms with E-state index in [-0.39, 0.29) is 0 Å². The first-order valence-electron chi connectivity index (χ1n) is 5.22. The second-order valence-electron chi connectivity index (χ2n) is 3.25. The van der Waals surface area contributed by atoms with Crippen LogP contribution in [0.3, 0.4) is 0 Å². The fourth-order valence-corrected chi connectivity index (χ4v) is 0.922. The summed E-state index contributed by atoms with van der Waals surface area (Å²) in [5.74, 6) is 0.989. The highest BCUT2D eigenvalue weighted by Crippen LogP contribution is 1.94. The SMILES string of the molecule is C/C=C(\C)OCCN(C)CCOCC. The van der Waals surface area contributed by atoms with E-state index in [2.05, 4.69) is 11.9 Å². The first kappa shape index (κ1) is 13.5. The predicted molar refractivity (Wildman–Crippen MR) is 59.4 cm³/mol. The molecule has 0 aromatic rings. The first-order chi connectivity index (χ1) is 6.70. The van der Waals surface area contributed by atoms with Gasteiger partial charge in [0.2, 0.25) is 0 Å². The van der Waals surface area contributed by atoms with Gasteiger partial charge in [-0.1, -0.05) is 6.08 Å². The third kappa shape index (κ3) is 8.08.